The zero-order valence-corrected chi connectivity index (χ0v) is 20.6. The Morgan fingerprint density at radius 1 is 0.941 bits per heavy atom. The van der Waals surface area contributed by atoms with Crippen LogP contribution < -0.4 is 4.74 Å². The van der Waals surface area contributed by atoms with Crippen LogP contribution in [-0.2, 0) is 20.8 Å². The predicted octanol–water partition coefficient (Wildman–Crippen LogP) is 3.26. The molecule has 3 aliphatic heterocycles. The first-order chi connectivity index (χ1) is 16.5. The van der Waals surface area contributed by atoms with Crippen molar-refractivity contribution in [2.45, 2.75) is 64.2 Å². The van der Waals surface area contributed by atoms with E-state index in [-0.39, 0.29) is 24.3 Å². The molecule has 1 unspecified atom stereocenters. The normalized spacial score (nSPS) is 25.1. The number of carbonyl (C=O) groups excluding carboxylic acids is 3. The minimum atomic E-state index is -0.551. The van der Waals surface area contributed by atoms with Crippen molar-refractivity contribution < 1.29 is 19.1 Å². The van der Waals surface area contributed by atoms with Gasteiger partial charge in [-0.1, -0.05) is 31.0 Å². The molecule has 3 aliphatic rings. The second kappa shape index (κ2) is 11.2. The molecule has 1 aromatic carbocycles. The number of likely N-dealkylation sites (N-methyl/N-ethyl adjacent to an activating group) is 1. The van der Waals surface area contributed by atoms with Crippen molar-refractivity contribution in [2.75, 3.05) is 46.4 Å². The van der Waals surface area contributed by atoms with Gasteiger partial charge in [-0.05, 0) is 56.6 Å². The Kier molecular flexibility index (Phi) is 8.11. The Balaban J connectivity index is 1.46. The summed E-state index contributed by atoms with van der Waals surface area (Å²) in [6.07, 6.45) is 8.68. The number of carbonyl (C=O) groups is 3. The molecule has 0 aromatic heterocycles. The first-order valence-electron chi connectivity index (χ1n) is 13.0. The molecule has 186 valence electrons. The molecule has 2 fully saturated rings. The molecule has 1 aromatic rings. The molecule has 34 heavy (non-hydrogen) atoms. The van der Waals surface area contributed by atoms with E-state index < -0.39 is 5.41 Å². The van der Waals surface area contributed by atoms with Crippen LogP contribution in [0.1, 0.15) is 63.4 Å². The van der Waals surface area contributed by atoms with Gasteiger partial charge in [0.1, 0.15) is 12.4 Å². The van der Waals surface area contributed by atoms with Gasteiger partial charge in [0, 0.05) is 33.1 Å². The Labute approximate surface area is 203 Å². The fraction of sp³-hybridized carbons (Fsp3) is 0.667. The van der Waals surface area contributed by atoms with Crippen LogP contribution in [0, 0.1) is 5.41 Å². The Morgan fingerprint density at radius 2 is 1.74 bits per heavy atom. The number of fused-ring (bicyclic) bond motifs is 1. The van der Waals surface area contributed by atoms with Gasteiger partial charge in [-0.3, -0.25) is 14.4 Å². The summed E-state index contributed by atoms with van der Waals surface area (Å²) in [6, 6.07) is 8.16. The highest BCUT2D eigenvalue weighted by atomic mass is 16.5. The number of nitrogens with zero attached hydrogens (tertiary/aromatic N) is 3. The summed E-state index contributed by atoms with van der Waals surface area (Å²) in [6.45, 7) is 2.89. The summed E-state index contributed by atoms with van der Waals surface area (Å²) in [7, 11) is 1.85. The van der Waals surface area contributed by atoms with Gasteiger partial charge in [0.05, 0.1) is 18.5 Å². The molecule has 4 rings (SSSR count). The third kappa shape index (κ3) is 5.73. The van der Waals surface area contributed by atoms with Crippen LogP contribution in [0.25, 0.3) is 0 Å². The van der Waals surface area contributed by atoms with Crippen LogP contribution in [0.4, 0.5) is 0 Å². The van der Waals surface area contributed by atoms with Crippen molar-refractivity contribution in [3.8, 4) is 5.75 Å². The average molecular weight is 470 g/mol. The van der Waals surface area contributed by atoms with Gasteiger partial charge < -0.3 is 19.4 Å². The number of amides is 3. The van der Waals surface area contributed by atoms with E-state index in [9.17, 15) is 14.4 Å². The maximum atomic E-state index is 13.7. The largest absolute Gasteiger partial charge is 0.491 e. The first kappa shape index (κ1) is 24.6. The highest BCUT2D eigenvalue weighted by Crippen LogP contribution is 2.38. The monoisotopic (exact) mass is 469 g/mol. The molecule has 7 heteroatoms. The Morgan fingerprint density at radius 3 is 2.62 bits per heavy atom. The number of para-hydroxylation sites is 1. The van der Waals surface area contributed by atoms with E-state index in [1.165, 1.54) is 5.56 Å². The minimum Gasteiger partial charge on any atom is -0.491 e. The zero-order chi connectivity index (χ0) is 24.0. The summed E-state index contributed by atoms with van der Waals surface area (Å²) >= 11 is 0. The minimum absolute atomic E-state index is 0.0202. The molecule has 0 N–H and O–H groups in total. The van der Waals surface area contributed by atoms with Gasteiger partial charge in [-0.25, -0.2) is 0 Å². The number of ether oxygens (including phenoxy) is 1. The third-order valence-corrected chi connectivity index (χ3v) is 7.74. The number of aryl methyl sites for hydroxylation is 1. The van der Waals surface area contributed by atoms with Gasteiger partial charge >= 0.3 is 0 Å². The lowest BCUT2D eigenvalue weighted by Gasteiger charge is -2.44. The molecular formula is C27H39N3O4. The summed E-state index contributed by atoms with van der Waals surface area (Å²) in [5, 5.41) is 0. The molecule has 0 aliphatic carbocycles. The van der Waals surface area contributed by atoms with E-state index in [0.29, 0.717) is 39.2 Å². The zero-order valence-electron chi connectivity index (χ0n) is 20.6. The van der Waals surface area contributed by atoms with E-state index in [2.05, 4.69) is 6.07 Å². The van der Waals surface area contributed by atoms with Crippen molar-refractivity contribution in [2.24, 2.45) is 5.41 Å². The molecule has 1 spiro atoms. The summed E-state index contributed by atoms with van der Waals surface area (Å²) in [5.41, 5.74) is 0.665. The van der Waals surface area contributed by atoms with Gasteiger partial charge in [0.25, 0.3) is 0 Å². The standard InChI is InChI=1S/C27H39N3O4/c1-28-18-19-34-23-12-5-4-10-22(23)11-6-7-14-27(26(28)33)15-9-17-30(21-27)25(32)20-29-16-8-2-3-13-24(29)31/h4-5,10,12H,2-3,6-9,11,13-21H2,1H3. The molecule has 0 radical (unpaired) electrons. The number of rotatable bonds is 2. The van der Waals surface area contributed by atoms with Crippen molar-refractivity contribution >= 4 is 17.7 Å². The van der Waals surface area contributed by atoms with Gasteiger partial charge in [0.15, 0.2) is 0 Å². The van der Waals surface area contributed by atoms with Crippen LogP contribution in [0.2, 0.25) is 0 Å². The molecule has 2 saturated heterocycles. The third-order valence-electron chi connectivity index (χ3n) is 7.74. The number of hydrogen-bond acceptors (Lipinski definition) is 4. The highest BCUT2D eigenvalue weighted by molar-refractivity contribution is 5.87. The molecular weight excluding hydrogens is 430 g/mol. The number of benzene rings is 1. The number of hydrogen-bond donors (Lipinski definition) is 0. The second-order valence-electron chi connectivity index (χ2n) is 10.2. The lowest BCUT2D eigenvalue weighted by Crippen LogP contribution is -2.55. The molecule has 7 nitrogen and oxygen atoms in total. The Hall–Kier alpha value is -2.57. The summed E-state index contributed by atoms with van der Waals surface area (Å²) in [4.78, 5) is 44.7. The van der Waals surface area contributed by atoms with E-state index in [1.807, 2.05) is 30.1 Å². The predicted molar refractivity (Wildman–Crippen MR) is 130 cm³/mol. The summed E-state index contributed by atoms with van der Waals surface area (Å²) in [5.74, 6) is 1.09. The quantitative estimate of drug-likeness (QED) is 0.667. The number of likely N-dealkylation sites (tertiary alicyclic amines) is 2. The number of piperidine rings is 1. The van der Waals surface area contributed by atoms with E-state index in [4.69, 9.17) is 4.74 Å². The topological polar surface area (TPSA) is 70.2 Å². The van der Waals surface area contributed by atoms with Gasteiger partial charge in [-0.2, -0.15) is 0 Å². The SMILES string of the molecule is CN1CCOc2ccccc2CCCCC2(CCCN(C(=O)CN3CCCCCC3=O)C2)C1=O. The van der Waals surface area contributed by atoms with Crippen molar-refractivity contribution in [1.82, 2.24) is 14.7 Å². The molecule has 0 bridgehead atoms. The van der Waals surface area contributed by atoms with Crippen molar-refractivity contribution in [3.05, 3.63) is 29.8 Å². The Bertz CT molecular complexity index is 888. The molecule has 0 saturated carbocycles. The van der Waals surface area contributed by atoms with Crippen LogP contribution >= 0.6 is 0 Å². The highest BCUT2D eigenvalue weighted by Gasteiger charge is 2.44. The van der Waals surface area contributed by atoms with Crippen molar-refractivity contribution in [1.29, 1.82) is 0 Å². The smallest absolute Gasteiger partial charge is 0.242 e. The fourth-order valence-corrected chi connectivity index (χ4v) is 5.73. The molecule has 3 heterocycles. The van der Waals surface area contributed by atoms with E-state index >= 15 is 0 Å². The van der Waals surface area contributed by atoms with E-state index in [0.717, 1.165) is 63.5 Å². The van der Waals surface area contributed by atoms with Crippen LogP contribution in [0.3, 0.4) is 0 Å². The van der Waals surface area contributed by atoms with Crippen LogP contribution in [0.5, 0.6) is 5.75 Å². The van der Waals surface area contributed by atoms with Crippen LogP contribution in [-0.4, -0.2) is 78.8 Å². The van der Waals surface area contributed by atoms with Crippen LogP contribution in [0.15, 0.2) is 24.3 Å². The lowest BCUT2D eigenvalue weighted by molar-refractivity contribution is -0.151. The maximum absolute atomic E-state index is 13.7. The van der Waals surface area contributed by atoms with Gasteiger partial charge in [0.2, 0.25) is 17.7 Å². The second-order valence-corrected chi connectivity index (χ2v) is 10.2. The first-order valence-corrected chi connectivity index (χ1v) is 13.0. The van der Waals surface area contributed by atoms with Gasteiger partial charge in [-0.15, -0.1) is 0 Å². The fourth-order valence-electron chi connectivity index (χ4n) is 5.73. The lowest BCUT2D eigenvalue weighted by atomic mass is 9.74. The van der Waals surface area contributed by atoms with E-state index in [1.54, 1.807) is 9.80 Å². The average Bonchev–Trinajstić information content (AvgIpc) is 3.05. The molecule has 1 atom stereocenters. The summed E-state index contributed by atoms with van der Waals surface area (Å²) < 4.78 is 6.02. The maximum Gasteiger partial charge on any atom is 0.242 e. The van der Waals surface area contributed by atoms with Crippen molar-refractivity contribution in [3.63, 3.8) is 0 Å². The molecule has 3 amide bonds.